The molecule has 4 nitrogen and oxygen atoms in total. The molecule has 0 saturated carbocycles. The molecule has 0 saturated heterocycles. The summed E-state index contributed by atoms with van der Waals surface area (Å²) in [4.78, 5) is 12.2. The fourth-order valence-electron chi connectivity index (χ4n) is 1.92. The maximum absolute atomic E-state index is 11.0. The highest BCUT2D eigenvalue weighted by atomic mass is 32.2. The lowest BCUT2D eigenvalue weighted by Gasteiger charge is -2.07. The third-order valence-corrected chi connectivity index (χ3v) is 3.53. The Morgan fingerprint density at radius 2 is 2.21 bits per heavy atom. The molecule has 1 aromatic carbocycles. The molecule has 0 aliphatic heterocycles. The van der Waals surface area contributed by atoms with Crippen LogP contribution in [0.2, 0.25) is 0 Å². The van der Waals surface area contributed by atoms with Crippen LogP contribution in [0.1, 0.15) is 29.5 Å². The molecule has 100 valence electrons. The number of thioether (sulfide) groups is 1. The van der Waals surface area contributed by atoms with Crippen LogP contribution in [0.15, 0.2) is 35.2 Å². The lowest BCUT2D eigenvalue weighted by Crippen LogP contribution is -2.03. The molecular weight excluding hydrogens is 260 g/mol. The fraction of sp³-hybridized carbons (Fsp3) is 0.286. The van der Waals surface area contributed by atoms with Crippen LogP contribution in [0, 0.1) is 0 Å². The van der Waals surface area contributed by atoms with Crippen LogP contribution in [-0.4, -0.2) is 27.1 Å². The minimum Gasteiger partial charge on any atom is -0.476 e. The molecule has 0 fully saturated rings. The Bertz CT molecular complexity index is 593. The molecule has 1 aromatic heterocycles. The lowest BCUT2D eigenvalue weighted by molar-refractivity contribution is 0.0690. The maximum atomic E-state index is 11.0. The summed E-state index contributed by atoms with van der Waals surface area (Å²) in [7, 11) is 0. The van der Waals surface area contributed by atoms with Gasteiger partial charge in [-0.2, -0.15) is 5.10 Å². The van der Waals surface area contributed by atoms with Crippen LogP contribution in [0.25, 0.3) is 5.69 Å². The first-order chi connectivity index (χ1) is 9.15. The number of aromatic nitrogens is 2. The van der Waals surface area contributed by atoms with Crippen molar-refractivity contribution in [2.24, 2.45) is 0 Å². The highest BCUT2D eigenvalue weighted by Gasteiger charge is 2.14. The van der Waals surface area contributed by atoms with Gasteiger partial charge in [0.15, 0.2) is 5.69 Å². The van der Waals surface area contributed by atoms with Crippen LogP contribution in [-0.2, 0) is 6.42 Å². The van der Waals surface area contributed by atoms with E-state index in [-0.39, 0.29) is 5.69 Å². The largest absolute Gasteiger partial charge is 0.476 e. The molecule has 0 aliphatic carbocycles. The van der Waals surface area contributed by atoms with Crippen molar-refractivity contribution in [3.05, 3.63) is 41.7 Å². The number of rotatable bonds is 5. The number of hydrogen-bond donors (Lipinski definition) is 1. The zero-order valence-corrected chi connectivity index (χ0v) is 11.8. The minimum absolute atomic E-state index is 0.0954. The fourth-order valence-corrected chi connectivity index (χ4v) is 2.38. The SMILES string of the molecule is CCCc1cc(C(=O)O)nn1-c1cccc(SC)c1. The molecule has 0 radical (unpaired) electrons. The van der Waals surface area contributed by atoms with E-state index in [4.69, 9.17) is 5.11 Å². The predicted molar refractivity (Wildman–Crippen MR) is 76.3 cm³/mol. The number of aryl methyl sites for hydroxylation is 1. The van der Waals surface area contributed by atoms with E-state index in [2.05, 4.69) is 12.0 Å². The second-order valence-corrected chi connectivity index (χ2v) is 5.07. The summed E-state index contributed by atoms with van der Waals surface area (Å²) in [6.45, 7) is 2.07. The van der Waals surface area contributed by atoms with Gasteiger partial charge >= 0.3 is 5.97 Å². The average Bonchev–Trinajstić information content (AvgIpc) is 2.83. The maximum Gasteiger partial charge on any atom is 0.356 e. The van der Waals surface area contributed by atoms with Gasteiger partial charge in [0.1, 0.15) is 0 Å². The summed E-state index contributed by atoms with van der Waals surface area (Å²) in [5, 5.41) is 13.2. The van der Waals surface area contributed by atoms with Crippen LogP contribution in [0.3, 0.4) is 0 Å². The first kappa shape index (κ1) is 13.7. The van der Waals surface area contributed by atoms with Gasteiger partial charge < -0.3 is 5.11 Å². The average molecular weight is 276 g/mol. The van der Waals surface area contributed by atoms with E-state index in [9.17, 15) is 4.79 Å². The molecule has 2 aromatic rings. The summed E-state index contributed by atoms with van der Waals surface area (Å²) in [5.41, 5.74) is 1.93. The number of aromatic carboxylic acids is 1. The molecule has 19 heavy (non-hydrogen) atoms. The Hall–Kier alpha value is -1.75. The molecule has 2 rings (SSSR count). The minimum atomic E-state index is -0.989. The van der Waals surface area contributed by atoms with Crippen molar-refractivity contribution < 1.29 is 9.90 Å². The van der Waals surface area contributed by atoms with Gasteiger partial charge in [0, 0.05) is 10.6 Å². The lowest BCUT2D eigenvalue weighted by atomic mass is 10.2. The smallest absolute Gasteiger partial charge is 0.356 e. The predicted octanol–water partition coefficient (Wildman–Crippen LogP) is 3.24. The molecule has 1 N–H and O–H groups in total. The van der Waals surface area contributed by atoms with Crippen molar-refractivity contribution in [3.63, 3.8) is 0 Å². The zero-order valence-electron chi connectivity index (χ0n) is 11.0. The number of nitrogens with zero attached hydrogens (tertiary/aromatic N) is 2. The Labute approximate surface area is 116 Å². The van der Waals surface area contributed by atoms with Crippen molar-refractivity contribution in [1.82, 2.24) is 9.78 Å². The van der Waals surface area contributed by atoms with Crippen molar-refractivity contribution in [3.8, 4) is 5.69 Å². The molecule has 0 amide bonds. The number of benzene rings is 1. The van der Waals surface area contributed by atoms with Crippen molar-refractivity contribution in [1.29, 1.82) is 0 Å². The van der Waals surface area contributed by atoms with Crippen molar-refractivity contribution in [2.75, 3.05) is 6.26 Å². The van der Waals surface area contributed by atoms with Gasteiger partial charge in [-0.1, -0.05) is 19.4 Å². The molecule has 0 unspecified atom stereocenters. The molecule has 0 spiro atoms. The van der Waals surface area contributed by atoms with Crippen LogP contribution < -0.4 is 0 Å². The van der Waals surface area contributed by atoms with Gasteiger partial charge in [0.05, 0.1) is 5.69 Å². The normalized spacial score (nSPS) is 10.6. The third-order valence-electron chi connectivity index (χ3n) is 2.81. The van der Waals surface area contributed by atoms with Crippen molar-refractivity contribution in [2.45, 2.75) is 24.7 Å². The van der Waals surface area contributed by atoms with E-state index in [0.717, 1.165) is 29.1 Å². The van der Waals surface area contributed by atoms with Gasteiger partial charge in [0.25, 0.3) is 0 Å². The monoisotopic (exact) mass is 276 g/mol. The first-order valence-electron chi connectivity index (χ1n) is 6.12. The van der Waals surface area contributed by atoms with Crippen LogP contribution >= 0.6 is 11.8 Å². The number of carboxylic acids is 1. The summed E-state index contributed by atoms with van der Waals surface area (Å²) < 4.78 is 1.73. The number of hydrogen-bond acceptors (Lipinski definition) is 3. The Balaban J connectivity index is 2.49. The standard InChI is InChI=1S/C14H16N2O2S/c1-3-5-10-9-13(14(17)18)15-16(10)11-6-4-7-12(8-11)19-2/h4,6-9H,3,5H2,1-2H3,(H,17,18). The molecule has 0 aliphatic rings. The van der Waals surface area contributed by atoms with Crippen molar-refractivity contribution >= 4 is 17.7 Å². The summed E-state index contributed by atoms with van der Waals surface area (Å²) in [6.07, 6.45) is 3.77. The Morgan fingerprint density at radius 1 is 1.42 bits per heavy atom. The number of carboxylic acid groups (broad SMARTS) is 1. The Morgan fingerprint density at radius 3 is 2.84 bits per heavy atom. The summed E-state index contributed by atoms with van der Waals surface area (Å²) in [6, 6.07) is 9.59. The van der Waals surface area contributed by atoms with Gasteiger partial charge in [0.2, 0.25) is 0 Å². The van der Waals surface area contributed by atoms with Gasteiger partial charge in [-0.3, -0.25) is 0 Å². The van der Waals surface area contributed by atoms with Gasteiger partial charge in [-0.15, -0.1) is 11.8 Å². The molecular formula is C14H16N2O2S. The molecule has 0 atom stereocenters. The van der Waals surface area contributed by atoms with E-state index < -0.39 is 5.97 Å². The Kier molecular flexibility index (Phi) is 4.27. The van der Waals surface area contributed by atoms with E-state index in [1.165, 1.54) is 0 Å². The number of carbonyl (C=O) groups is 1. The zero-order chi connectivity index (χ0) is 13.8. The highest BCUT2D eigenvalue weighted by Crippen LogP contribution is 2.20. The highest BCUT2D eigenvalue weighted by molar-refractivity contribution is 7.98. The summed E-state index contributed by atoms with van der Waals surface area (Å²) in [5.74, 6) is -0.989. The second kappa shape index (κ2) is 5.93. The molecule has 1 heterocycles. The van der Waals surface area contributed by atoms with Crippen LogP contribution in [0.4, 0.5) is 0 Å². The quantitative estimate of drug-likeness (QED) is 0.852. The second-order valence-electron chi connectivity index (χ2n) is 4.19. The molecule has 5 heteroatoms. The van der Waals surface area contributed by atoms with Gasteiger partial charge in [-0.25, -0.2) is 9.48 Å². The van der Waals surface area contributed by atoms with E-state index in [0.29, 0.717) is 0 Å². The van der Waals surface area contributed by atoms with Crippen LogP contribution in [0.5, 0.6) is 0 Å². The van der Waals surface area contributed by atoms with E-state index in [1.807, 2.05) is 30.5 Å². The first-order valence-corrected chi connectivity index (χ1v) is 7.35. The summed E-state index contributed by atoms with van der Waals surface area (Å²) >= 11 is 1.65. The van der Waals surface area contributed by atoms with E-state index in [1.54, 1.807) is 22.5 Å². The third kappa shape index (κ3) is 2.98. The molecule has 0 bridgehead atoms. The van der Waals surface area contributed by atoms with Gasteiger partial charge in [-0.05, 0) is 36.9 Å². The topological polar surface area (TPSA) is 55.1 Å². The van der Waals surface area contributed by atoms with E-state index >= 15 is 0 Å².